The van der Waals surface area contributed by atoms with Crippen LogP contribution >= 0.6 is 0 Å². The van der Waals surface area contributed by atoms with Crippen molar-refractivity contribution in [2.45, 2.75) is 97.2 Å². The van der Waals surface area contributed by atoms with Crippen LogP contribution in [-0.2, 0) is 14.2 Å². The number of carbonyl (C=O) groups excluding carboxylic acids is 3. The molecule has 3 amide bonds. The van der Waals surface area contributed by atoms with Gasteiger partial charge in [0, 0.05) is 128 Å². The Balaban J connectivity index is 0.000000169. The van der Waals surface area contributed by atoms with Gasteiger partial charge in [-0.25, -0.2) is 41.3 Å². The van der Waals surface area contributed by atoms with Gasteiger partial charge < -0.3 is 76.1 Å². The highest BCUT2D eigenvalue weighted by Crippen LogP contribution is 2.34. The average Bonchev–Trinajstić information content (AvgIpc) is 0.788. The number of aromatic nitrogens is 6. The summed E-state index contributed by atoms with van der Waals surface area (Å²) in [5, 5.41) is 47.6. The van der Waals surface area contributed by atoms with Gasteiger partial charge in [-0.15, -0.1) is 0 Å². The summed E-state index contributed by atoms with van der Waals surface area (Å²) < 4.78 is 97.7. The van der Waals surface area contributed by atoms with Crippen molar-refractivity contribution in [3.8, 4) is 0 Å². The number of ether oxygens (including phenoxy) is 3. The molecule has 9 aromatic rings. The van der Waals surface area contributed by atoms with E-state index in [2.05, 4.69) is 61.6 Å². The molecule has 24 nitrogen and oxygen atoms in total. The van der Waals surface area contributed by atoms with Gasteiger partial charge in [-0.05, 0) is 135 Å². The number of amides is 3. The maximum absolute atomic E-state index is 13.8. The number of hydrogen-bond donors (Lipinski definition) is 9. The molecule has 3 aliphatic rings. The lowest BCUT2D eigenvalue weighted by Gasteiger charge is -2.28. The number of hydrogen-bond acceptors (Lipinski definition) is 21. The molecular weight excluding hydrogens is 1370 g/mol. The molecule has 3 fully saturated rings. The van der Waals surface area contributed by atoms with Gasteiger partial charge >= 0.3 is 0 Å². The number of morpholine rings is 3. The fourth-order valence-electron chi connectivity index (χ4n) is 11.6. The number of fused-ring (bicyclic) bond motifs is 3. The van der Waals surface area contributed by atoms with Crippen LogP contribution in [0.4, 0.5) is 60.9 Å². The molecule has 0 radical (unpaired) electrons. The fraction of sp³-hybridized carbons (Fsp3) is 0.400. The summed E-state index contributed by atoms with van der Waals surface area (Å²) in [7, 11) is 0. The number of aliphatic hydroxyl groups is 3. The minimum absolute atomic E-state index is 0.0729. The molecule has 3 saturated heterocycles. The highest BCUT2D eigenvalue weighted by Gasteiger charge is 2.27. The molecular formula is C75H87F6N15O9. The zero-order chi connectivity index (χ0) is 75.5. The zero-order valence-corrected chi connectivity index (χ0v) is 59.8. The summed E-state index contributed by atoms with van der Waals surface area (Å²) in [4.78, 5) is 73.1. The Bertz CT molecular complexity index is 4130. The summed E-state index contributed by atoms with van der Waals surface area (Å²) in [5.74, 6) is -4.67. The lowest BCUT2D eigenvalue weighted by Crippen LogP contribution is -2.38. The maximum Gasteiger partial charge on any atom is 0.251 e. The molecule has 0 spiro atoms. The van der Waals surface area contributed by atoms with Crippen molar-refractivity contribution in [1.29, 1.82) is 0 Å². The Hall–Kier alpha value is -10.1. The number of benzene rings is 6. The van der Waals surface area contributed by atoms with E-state index in [9.17, 15) is 56.0 Å². The fourth-order valence-corrected chi connectivity index (χ4v) is 11.6. The molecule has 12 rings (SSSR count). The molecule has 30 heteroatoms. The smallest absolute Gasteiger partial charge is 0.251 e. The van der Waals surface area contributed by atoms with E-state index in [4.69, 9.17) is 29.2 Å². The van der Waals surface area contributed by atoms with Crippen LogP contribution in [0.1, 0.15) is 128 Å². The van der Waals surface area contributed by atoms with Crippen molar-refractivity contribution in [3.63, 3.8) is 0 Å². The molecule has 3 unspecified atom stereocenters. The van der Waals surface area contributed by atoms with E-state index in [0.717, 1.165) is 36.4 Å². The van der Waals surface area contributed by atoms with Gasteiger partial charge in [0.05, 0.1) is 126 Å². The summed E-state index contributed by atoms with van der Waals surface area (Å²) in [5.41, 5.74) is 4.37. The highest BCUT2D eigenvalue weighted by atomic mass is 19.2. The second-order valence-electron chi connectivity index (χ2n) is 27.8. The van der Waals surface area contributed by atoms with E-state index < -0.39 is 69.8 Å². The number of anilines is 6. The van der Waals surface area contributed by atoms with Crippen LogP contribution in [0.15, 0.2) is 110 Å². The molecule has 9 N–H and O–H groups in total. The van der Waals surface area contributed by atoms with Crippen LogP contribution in [0.3, 0.4) is 0 Å². The van der Waals surface area contributed by atoms with Crippen LogP contribution in [0.25, 0.3) is 33.1 Å². The first kappa shape index (κ1) is 77.5. The van der Waals surface area contributed by atoms with E-state index >= 15 is 0 Å². The first-order valence-corrected chi connectivity index (χ1v) is 34.4. The molecule has 105 heavy (non-hydrogen) atoms. The van der Waals surface area contributed by atoms with Gasteiger partial charge in [-0.1, -0.05) is 0 Å². The number of carbonyl (C=O) groups is 3. The Morgan fingerprint density at radius 1 is 0.400 bits per heavy atom. The van der Waals surface area contributed by atoms with Gasteiger partial charge in [0.25, 0.3) is 17.7 Å². The van der Waals surface area contributed by atoms with E-state index in [-0.39, 0.29) is 37.4 Å². The van der Waals surface area contributed by atoms with Crippen LogP contribution in [-0.4, -0.2) is 178 Å². The number of rotatable bonds is 21. The zero-order valence-electron chi connectivity index (χ0n) is 59.8. The Kier molecular flexibility index (Phi) is 24.9. The maximum atomic E-state index is 13.8. The van der Waals surface area contributed by atoms with Gasteiger partial charge in [-0.3, -0.25) is 29.3 Å². The van der Waals surface area contributed by atoms with Crippen LogP contribution in [0.5, 0.6) is 0 Å². The van der Waals surface area contributed by atoms with E-state index in [0.29, 0.717) is 180 Å². The monoisotopic (exact) mass is 1460 g/mol. The van der Waals surface area contributed by atoms with Crippen LogP contribution in [0.2, 0.25) is 0 Å². The predicted molar refractivity (Wildman–Crippen MR) is 389 cm³/mol. The third-order valence-electron chi connectivity index (χ3n) is 17.1. The molecule has 0 aliphatic carbocycles. The van der Waals surface area contributed by atoms with Gasteiger partial charge in [0.15, 0.2) is 34.9 Å². The van der Waals surface area contributed by atoms with Crippen molar-refractivity contribution >= 4 is 85.3 Å². The van der Waals surface area contributed by atoms with Crippen LogP contribution in [0, 0.1) is 34.9 Å². The lowest BCUT2D eigenvalue weighted by atomic mass is 10.0. The van der Waals surface area contributed by atoms with Crippen molar-refractivity contribution < 1.29 is 70.3 Å². The predicted octanol–water partition coefficient (Wildman–Crippen LogP) is 10.3. The number of halogens is 6. The van der Waals surface area contributed by atoms with Gasteiger partial charge in [0.2, 0.25) is 0 Å². The minimum Gasteiger partial charge on any atom is -0.389 e. The molecule has 3 atom stereocenters. The van der Waals surface area contributed by atoms with Crippen molar-refractivity contribution in [1.82, 2.24) is 45.9 Å². The minimum atomic E-state index is -1.07. The van der Waals surface area contributed by atoms with E-state index in [1.54, 1.807) is 96.5 Å². The first-order valence-electron chi connectivity index (χ1n) is 34.4. The Morgan fingerprint density at radius 3 is 0.876 bits per heavy atom. The molecule has 3 aliphatic heterocycles. The van der Waals surface area contributed by atoms with Crippen LogP contribution < -0.4 is 46.6 Å². The quantitative estimate of drug-likeness (QED) is 0.0302. The summed E-state index contributed by atoms with van der Waals surface area (Å²) in [6.45, 7) is 23.1. The SMILES string of the molecule is CC(Nc1ccc(F)c(F)c1)c1cc(C(=O)NCC(C)(C)O)cc2ncc(N3CCOCC3)nc12.CC(Nc1ccc(F)c(F)c1)c1cc(C(=O)NCC(C)(C)O)cc2ncc(N3CCOCC3)nc12.CC(Nc1ccc(F)c(F)c1)c1cc(C(=O)NCC(C)(C)O)cc2ncc(N3CCOCC3)nc12. The summed E-state index contributed by atoms with van der Waals surface area (Å²) in [6.07, 6.45) is 5.01. The van der Waals surface area contributed by atoms with Crippen molar-refractivity contribution in [3.05, 3.63) is 178 Å². The largest absolute Gasteiger partial charge is 0.389 e. The summed E-state index contributed by atoms with van der Waals surface area (Å²) in [6, 6.07) is 19.6. The standard InChI is InChI=1S/3C25H29F2N5O3/c3*1-15(30-17-4-5-19(26)20(27)12-17)18-10-16(24(33)29-14-25(2,3)34)11-21-23(18)31-22(13-28-21)32-6-8-35-9-7-32/h3*4-5,10-13,15,30,34H,6-9,14H2,1-3H3,(H,29,33). The number of nitrogens with one attached hydrogen (secondary N) is 6. The Labute approximate surface area is 603 Å². The summed E-state index contributed by atoms with van der Waals surface area (Å²) >= 11 is 0. The highest BCUT2D eigenvalue weighted by molar-refractivity contribution is 6.00. The second-order valence-corrected chi connectivity index (χ2v) is 27.8. The molecule has 558 valence electrons. The topological polar surface area (TPSA) is 299 Å². The third kappa shape index (κ3) is 21.1. The second kappa shape index (κ2) is 33.8. The molecule has 0 bridgehead atoms. The third-order valence-corrected chi connectivity index (χ3v) is 17.1. The van der Waals surface area contributed by atoms with Crippen molar-refractivity contribution in [2.24, 2.45) is 0 Å². The van der Waals surface area contributed by atoms with E-state index in [1.165, 1.54) is 18.2 Å². The van der Waals surface area contributed by atoms with E-state index in [1.807, 2.05) is 20.8 Å². The number of nitrogens with zero attached hydrogens (tertiary/aromatic N) is 9. The van der Waals surface area contributed by atoms with Gasteiger partial charge in [0.1, 0.15) is 17.5 Å². The van der Waals surface area contributed by atoms with Crippen molar-refractivity contribution in [2.75, 3.05) is 129 Å². The average molecular weight is 1460 g/mol. The lowest BCUT2D eigenvalue weighted by molar-refractivity contribution is 0.0694. The first-order chi connectivity index (χ1) is 49.8. The molecule has 0 saturated carbocycles. The van der Waals surface area contributed by atoms with Gasteiger partial charge in [-0.2, -0.15) is 0 Å². The molecule has 6 aromatic carbocycles. The normalized spacial score (nSPS) is 15.2. The Morgan fingerprint density at radius 2 is 0.648 bits per heavy atom. The molecule has 6 heterocycles. The molecule has 3 aromatic heterocycles.